The highest BCUT2D eigenvalue weighted by Crippen LogP contribution is 2.41. The van der Waals surface area contributed by atoms with E-state index in [2.05, 4.69) is 265 Å². The van der Waals surface area contributed by atoms with E-state index in [1.165, 1.54) is 0 Å². The van der Waals surface area contributed by atoms with Gasteiger partial charge in [-0.15, -0.1) is 0 Å². The monoisotopic (exact) mass is 1040 g/mol. The van der Waals surface area contributed by atoms with Crippen LogP contribution in [0.25, 0.3) is 150 Å². The SMILES string of the molecule is c1ccc(-c2ccc3c(c2)c2cc(-c4nc(-c5ccc6c(c5)c5cc(-c7ccccc7)ccc5n6-c5ccncc5)nc(-c5ccc6c(c5)c5cc(-c7ccccc7)ccc5n6-c5ccncc5)n4)ccc2n3-c2ccncc2)cc1. The Bertz CT molecular complexity index is 4550. The molecule has 7 heterocycles. The fourth-order valence-electron chi connectivity index (χ4n) is 12.0. The number of benzene rings is 9. The van der Waals surface area contributed by atoms with Crippen molar-refractivity contribution < 1.29 is 0 Å². The summed E-state index contributed by atoms with van der Waals surface area (Å²) < 4.78 is 6.95. The average Bonchev–Trinajstić information content (AvgIpc) is 4.33. The minimum Gasteiger partial charge on any atom is -0.309 e. The summed E-state index contributed by atoms with van der Waals surface area (Å²) in [7, 11) is 0. The number of rotatable bonds is 9. The van der Waals surface area contributed by atoms with E-state index in [-0.39, 0.29) is 0 Å². The molecular formula is C72H45N9. The van der Waals surface area contributed by atoms with Crippen molar-refractivity contribution in [2.24, 2.45) is 0 Å². The molecule has 16 aromatic rings. The van der Waals surface area contributed by atoms with Crippen molar-refractivity contribution in [1.29, 1.82) is 0 Å². The molecule has 0 N–H and O–H groups in total. The van der Waals surface area contributed by atoms with Gasteiger partial charge in [0.15, 0.2) is 17.5 Å². The zero-order valence-corrected chi connectivity index (χ0v) is 43.5. The Hall–Kier alpha value is -11.2. The van der Waals surface area contributed by atoms with Crippen molar-refractivity contribution in [1.82, 2.24) is 43.6 Å². The quantitative estimate of drug-likeness (QED) is 0.143. The second kappa shape index (κ2) is 18.8. The van der Waals surface area contributed by atoms with Gasteiger partial charge in [-0.2, -0.15) is 0 Å². The van der Waals surface area contributed by atoms with Crippen LogP contribution in [0.15, 0.2) is 274 Å². The van der Waals surface area contributed by atoms with Gasteiger partial charge in [0.2, 0.25) is 0 Å². The van der Waals surface area contributed by atoms with Crippen molar-refractivity contribution >= 4 is 65.4 Å². The Balaban J connectivity index is 0.939. The fourth-order valence-corrected chi connectivity index (χ4v) is 12.0. The molecule has 9 heteroatoms. The van der Waals surface area contributed by atoms with Gasteiger partial charge in [0, 0.05) is 103 Å². The smallest absolute Gasteiger partial charge is 0.164 e. The molecule has 0 saturated carbocycles. The fraction of sp³-hybridized carbons (Fsp3) is 0. The molecule has 9 nitrogen and oxygen atoms in total. The molecule has 0 atom stereocenters. The van der Waals surface area contributed by atoms with Crippen LogP contribution in [0.5, 0.6) is 0 Å². The summed E-state index contributed by atoms with van der Waals surface area (Å²) in [6.07, 6.45) is 11.1. The zero-order chi connectivity index (χ0) is 53.4. The van der Waals surface area contributed by atoms with Gasteiger partial charge in [0.25, 0.3) is 0 Å². The largest absolute Gasteiger partial charge is 0.309 e. The highest BCUT2D eigenvalue weighted by atomic mass is 15.0. The van der Waals surface area contributed by atoms with Crippen LogP contribution in [0.4, 0.5) is 0 Å². The van der Waals surface area contributed by atoms with Crippen LogP contribution in [0.2, 0.25) is 0 Å². The summed E-state index contributed by atoms with van der Waals surface area (Å²) in [4.78, 5) is 29.5. The first-order valence-corrected chi connectivity index (χ1v) is 27.0. The molecule has 0 saturated heterocycles. The first kappa shape index (κ1) is 46.0. The van der Waals surface area contributed by atoms with E-state index >= 15 is 0 Å². The standard InChI is InChI=1S/C72H45N9/c1-4-10-46(11-5-1)49-16-22-64-58(40-49)61-43-52(19-25-67(61)79(64)55-28-34-73-35-29-55)70-76-71(53-20-26-68-62(44-53)59-41-50(47-12-6-2-7-13-47)17-23-65(59)80(68)56-30-36-74-37-31-56)78-72(77-70)54-21-27-69-63(45-54)60-42-51(48-14-8-3-9-15-48)18-24-66(60)81(69)57-32-38-75-39-33-57/h1-45H. The first-order chi connectivity index (χ1) is 40.1. The summed E-state index contributed by atoms with van der Waals surface area (Å²) in [5.41, 5.74) is 19.1. The summed E-state index contributed by atoms with van der Waals surface area (Å²) >= 11 is 0. The Labute approximate surface area is 465 Å². The molecule has 16 rings (SSSR count). The predicted octanol–water partition coefficient (Wildman–Crippen LogP) is 17.3. The third kappa shape index (κ3) is 7.78. The molecule has 9 aromatic carbocycles. The zero-order valence-electron chi connectivity index (χ0n) is 43.5. The first-order valence-electron chi connectivity index (χ1n) is 27.0. The van der Waals surface area contributed by atoms with Crippen LogP contribution in [-0.4, -0.2) is 43.6 Å². The number of hydrogen-bond acceptors (Lipinski definition) is 6. The van der Waals surface area contributed by atoms with E-state index in [0.29, 0.717) is 17.5 Å². The molecule has 0 bridgehead atoms. The molecule has 0 fully saturated rings. The average molecular weight is 1040 g/mol. The second-order valence-electron chi connectivity index (χ2n) is 20.4. The van der Waals surface area contributed by atoms with E-state index in [4.69, 9.17) is 15.0 Å². The highest BCUT2D eigenvalue weighted by Gasteiger charge is 2.22. The Morgan fingerprint density at radius 2 is 0.420 bits per heavy atom. The molecule has 0 unspecified atom stereocenters. The molecule has 378 valence electrons. The topological polar surface area (TPSA) is 92.1 Å². The molecule has 0 radical (unpaired) electrons. The molecule has 7 aromatic heterocycles. The highest BCUT2D eigenvalue weighted by molar-refractivity contribution is 6.14. The second-order valence-corrected chi connectivity index (χ2v) is 20.4. The van der Waals surface area contributed by atoms with Crippen LogP contribution in [0.1, 0.15) is 0 Å². The maximum atomic E-state index is 5.47. The van der Waals surface area contributed by atoms with Crippen molar-refractivity contribution in [3.8, 4) is 84.6 Å². The summed E-state index contributed by atoms with van der Waals surface area (Å²) in [5, 5.41) is 6.61. The molecule has 0 aliphatic heterocycles. The number of aromatic nitrogens is 9. The lowest BCUT2D eigenvalue weighted by atomic mass is 10.0. The minimum absolute atomic E-state index is 0.567. The van der Waals surface area contributed by atoms with Crippen molar-refractivity contribution in [3.63, 3.8) is 0 Å². The third-order valence-electron chi connectivity index (χ3n) is 15.8. The molecular weight excluding hydrogens is 991 g/mol. The van der Waals surface area contributed by atoms with Gasteiger partial charge in [0.05, 0.1) is 33.1 Å². The molecule has 81 heavy (non-hydrogen) atoms. The van der Waals surface area contributed by atoms with Gasteiger partial charge in [-0.25, -0.2) is 15.0 Å². The number of hydrogen-bond donors (Lipinski definition) is 0. The molecule has 0 amide bonds. The van der Waals surface area contributed by atoms with E-state index < -0.39 is 0 Å². The van der Waals surface area contributed by atoms with Crippen LogP contribution in [0, 0.1) is 0 Å². The van der Waals surface area contributed by atoms with Crippen molar-refractivity contribution in [2.45, 2.75) is 0 Å². The van der Waals surface area contributed by atoms with Gasteiger partial charge in [-0.1, -0.05) is 109 Å². The Morgan fingerprint density at radius 1 is 0.198 bits per heavy atom. The molecule has 0 spiro atoms. The summed E-state index contributed by atoms with van der Waals surface area (Å²) in [6, 6.07) is 84.1. The third-order valence-corrected chi connectivity index (χ3v) is 15.8. The van der Waals surface area contributed by atoms with Gasteiger partial charge in [-0.3, -0.25) is 15.0 Å². The van der Waals surface area contributed by atoms with E-state index in [1.807, 2.05) is 37.2 Å². The lowest BCUT2D eigenvalue weighted by Gasteiger charge is -2.11. The van der Waals surface area contributed by atoms with Gasteiger partial charge >= 0.3 is 0 Å². The maximum absolute atomic E-state index is 5.47. The van der Waals surface area contributed by atoms with Gasteiger partial charge in [0.1, 0.15) is 0 Å². The number of nitrogens with zero attached hydrogens (tertiary/aromatic N) is 9. The molecule has 0 aliphatic rings. The Morgan fingerprint density at radius 3 is 0.667 bits per heavy atom. The van der Waals surface area contributed by atoms with Crippen LogP contribution in [0.3, 0.4) is 0 Å². The predicted molar refractivity (Wildman–Crippen MR) is 329 cm³/mol. The minimum atomic E-state index is 0.567. The van der Waals surface area contributed by atoms with Crippen LogP contribution < -0.4 is 0 Å². The number of pyridine rings is 3. The van der Waals surface area contributed by atoms with Crippen LogP contribution >= 0.6 is 0 Å². The van der Waals surface area contributed by atoms with Gasteiger partial charge in [-0.05, 0) is 161 Å². The van der Waals surface area contributed by atoms with Gasteiger partial charge < -0.3 is 13.7 Å². The summed E-state index contributed by atoms with van der Waals surface area (Å²) in [5.74, 6) is 1.70. The normalized spacial score (nSPS) is 11.7. The molecule has 0 aliphatic carbocycles. The number of fused-ring (bicyclic) bond motifs is 9. The maximum Gasteiger partial charge on any atom is 0.164 e. The van der Waals surface area contributed by atoms with E-state index in [0.717, 1.165) is 133 Å². The Kier molecular flexibility index (Phi) is 10.7. The lowest BCUT2D eigenvalue weighted by Crippen LogP contribution is -2.00. The van der Waals surface area contributed by atoms with Crippen LogP contribution in [-0.2, 0) is 0 Å². The van der Waals surface area contributed by atoms with Crippen molar-refractivity contribution in [3.05, 3.63) is 274 Å². The van der Waals surface area contributed by atoms with Crippen molar-refractivity contribution in [2.75, 3.05) is 0 Å². The van der Waals surface area contributed by atoms with E-state index in [9.17, 15) is 0 Å². The van der Waals surface area contributed by atoms with E-state index in [1.54, 1.807) is 0 Å². The summed E-state index contributed by atoms with van der Waals surface area (Å²) in [6.45, 7) is 0. The lowest BCUT2D eigenvalue weighted by molar-refractivity contribution is 1.07.